The van der Waals surface area contributed by atoms with E-state index >= 15 is 0 Å². The maximum absolute atomic E-state index is 13.9. The quantitative estimate of drug-likeness (QED) is 0.483. The second-order valence-corrected chi connectivity index (χ2v) is 7.00. The van der Waals surface area contributed by atoms with Crippen LogP contribution in [0.4, 0.5) is 10.1 Å². The molecule has 0 radical (unpaired) electrons. The van der Waals surface area contributed by atoms with Crippen LogP contribution in [0.25, 0.3) is 22.0 Å². The number of carbonyl (C=O) groups is 2. The van der Waals surface area contributed by atoms with Gasteiger partial charge >= 0.3 is 11.8 Å². The fourth-order valence-corrected chi connectivity index (χ4v) is 3.61. The van der Waals surface area contributed by atoms with E-state index in [1.165, 1.54) is 12.1 Å². The highest BCUT2D eigenvalue weighted by atomic mass is 19.1. The molecule has 0 unspecified atom stereocenters. The van der Waals surface area contributed by atoms with Crippen molar-refractivity contribution < 1.29 is 29.2 Å². The summed E-state index contributed by atoms with van der Waals surface area (Å²) in [5.74, 6) is -1.59. The molecule has 0 saturated heterocycles. The van der Waals surface area contributed by atoms with Gasteiger partial charge in [-0.25, -0.2) is 9.18 Å². The second kappa shape index (κ2) is 7.57. The Kier molecular flexibility index (Phi) is 4.93. The van der Waals surface area contributed by atoms with Crippen LogP contribution in [-0.2, 0) is 16.6 Å². The van der Waals surface area contributed by atoms with Gasteiger partial charge in [-0.3, -0.25) is 4.79 Å². The van der Waals surface area contributed by atoms with Crippen LogP contribution < -0.4 is 10.3 Å². The maximum atomic E-state index is 13.9. The zero-order chi connectivity index (χ0) is 21.4. The first-order valence-electron chi connectivity index (χ1n) is 9.22. The first kappa shape index (κ1) is 19.5. The van der Waals surface area contributed by atoms with Crippen molar-refractivity contribution in [1.82, 2.24) is 4.57 Å². The average molecular weight is 408 g/mol. The van der Waals surface area contributed by atoms with Crippen molar-refractivity contribution in [2.75, 3.05) is 18.5 Å². The monoisotopic (exact) mass is 408 g/mol. The Morgan fingerprint density at radius 3 is 2.77 bits per heavy atom. The van der Waals surface area contributed by atoms with Crippen LogP contribution in [0.2, 0.25) is 0 Å². The van der Waals surface area contributed by atoms with Gasteiger partial charge < -0.3 is 20.1 Å². The highest BCUT2D eigenvalue weighted by Crippen LogP contribution is 2.34. The fraction of sp³-hybridized carbons (Fsp3) is 0.136. The van der Waals surface area contributed by atoms with E-state index in [2.05, 4.69) is 10.3 Å². The Labute approximate surface area is 170 Å². The minimum Gasteiger partial charge on any atom is -0.459 e. The molecule has 3 aromatic rings. The van der Waals surface area contributed by atoms with Crippen molar-refractivity contribution >= 4 is 45.3 Å². The second-order valence-electron chi connectivity index (χ2n) is 7.00. The van der Waals surface area contributed by atoms with Gasteiger partial charge in [-0.2, -0.15) is 0 Å². The van der Waals surface area contributed by atoms with Crippen LogP contribution in [0.1, 0.15) is 11.1 Å². The Morgan fingerprint density at radius 1 is 1.20 bits per heavy atom. The Balaban J connectivity index is 1.85. The predicted octanol–water partition coefficient (Wildman–Crippen LogP) is 0.779. The number of fused-ring (bicyclic) bond motifs is 1. The number of aliphatic hydroxyl groups excluding tert-OH is 2. The van der Waals surface area contributed by atoms with E-state index in [-0.39, 0.29) is 29.4 Å². The summed E-state index contributed by atoms with van der Waals surface area (Å²) in [7, 11) is 1.80. The van der Waals surface area contributed by atoms with Crippen LogP contribution in [0.15, 0.2) is 48.7 Å². The number of nitrogens with one attached hydrogen (secondary N) is 2. The number of aliphatic hydroxyl groups is 2. The third-order valence-electron chi connectivity index (χ3n) is 4.98. The van der Waals surface area contributed by atoms with Crippen LogP contribution in [0, 0.1) is 5.82 Å². The number of benzene rings is 2. The van der Waals surface area contributed by atoms with Gasteiger partial charge in [0.15, 0.2) is 5.78 Å². The van der Waals surface area contributed by atoms with Crippen LogP contribution in [0.5, 0.6) is 0 Å². The fourth-order valence-electron chi connectivity index (χ4n) is 3.61. The molecule has 0 aliphatic carbocycles. The number of amides is 1. The number of nitrogens with zero attached hydrogens (tertiary/aromatic N) is 1. The molecule has 0 bridgehead atoms. The van der Waals surface area contributed by atoms with Gasteiger partial charge in [0.25, 0.3) is 0 Å². The number of carbonyl (C=O) groups excluding carboxylic acids is 2. The van der Waals surface area contributed by atoms with Crippen molar-refractivity contribution in [2.45, 2.75) is 0 Å². The first-order chi connectivity index (χ1) is 14.4. The largest absolute Gasteiger partial charge is 0.459 e. The molecule has 0 spiro atoms. The van der Waals surface area contributed by atoms with Crippen LogP contribution >= 0.6 is 0 Å². The van der Waals surface area contributed by atoms with E-state index < -0.39 is 18.3 Å². The number of hydrogen-bond acceptors (Lipinski definition) is 4. The first-order valence-corrected chi connectivity index (χ1v) is 9.22. The van der Waals surface area contributed by atoms with Gasteiger partial charge in [0.1, 0.15) is 23.6 Å². The molecular weight excluding hydrogens is 389 g/mol. The lowest BCUT2D eigenvalue weighted by atomic mass is 9.95. The standard InChI is InChI=1S/C22H18FN3O4/c1-26-10-17(16-8-13(23)5-6-18(16)26)20-19(21(29)25-22(20)30)12-3-2-4-14(7-12)24-9-15(28)11-27/h2-8,10,24,27H,9,11H2,1H3,(H,25,29,30)/p+1. The van der Waals surface area contributed by atoms with Crippen molar-refractivity contribution in [3.8, 4) is 0 Å². The summed E-state index contributed by atoms with van der Waals surface area (Å²) in [5, 5.41) is 22.8. The third-order valence-corrected chi connectivity index (χ3v) is 4.98. The lowest BCUT2D eigenvalue weighted by molar-refractivity contribution is -0.374. The number of aryl methyl sites for hydroxylation is 1. The van der Waals surface area contributed by atoms with Gasteiger partial charge in [-0.15, -0.1) is 4.99 Å². The lowest BCUT2D eigenvalue weighted by Crippen LogP contribution is -2.74. The van der Waals surface area contributed by atoms with Gasteiger partial charge in [0, 0.05) is 35.4 Å². The number of anilines is 1. The van der Waals surface area contributed by atoms with E-state index in [1.54, 1.807) is 48.1 Å². The van der Waals surface area contributed by atoms with E-state index in [0.29, 0.717) is 22.2 Å². The molecule has 1 aliphatic rings. The summed E-state index contributed by atoms with van der Waals surface area (Å²) < 4.78 is 15.7. The molecule has 0 fully saturated rings. The topological polar surface area (TPSA) is 106 Å². The molecule has 2 heterocycles. The molecule has 7 nitrogen and oxygen atoms in total. The predicted molar refractivity (Wildman–Crippen MR) is 110 cm³/mol. The molecule has 30 heavy (non-hydrogen) atoms. The summed E-state index contributed by atoms with van der Waals surface area (Å²) in [6.45, 7) is -0.622. The number of halogens is 1. The van der Waals surface area contributed by atoms with Crippen molar-refractivity contribution in [3.63, 3.8) is 0 Å². The number of aromatic nitrogens is 1. The smallest absolute Gasteiger partial charge is 0.422 e. The van der Waals surface area contributed by atoms with E-state index in [0.717, 1.165) is 5.52 Å². The van der Waals surface area contributed by atoms with E-state index in [1.807, 2.05) is 0 Å². The Bertz CT molecular complexity index is 1260. The maximum Gasteiger partial charge on any atom is 0.422 e. The summed E-state index contributed by atoms with van der Waals surface area (Å²) in [6.07, 6.45) is 1.73. The van der Waals surface area contributed by atoms with Crippen LogP contribution in [-0.4, -0.2) is 45.5 Å². The van der Waals surface area contributed by atoms with Crippen LogP contribution in [0.3, 0.4) is 0 Å². The minimum absolute atomic E-state index is 0.0575. The summed E-state index contributed by atoms with van der Waals surface area (Å²) in [5.41, 5.74) is 2.88. The van der Waals surface area contributed by atoms with E-state index in [9.17, 15) is 19.1 Å². The highest BCUT2D eigenvalue weighted by Gasteiger charge is 2.37. The molecule has 4 rings (SSSR count). The van der Waals surface area contributed by atoms with Gasteiger partial charge in [-0.05, 0) is 35.9 Å². The van der Waals surface area contributed by atoms with Crippen molar-refractivity contribution in [2.24, 2.45) is 7.05 Å². The number of Topliss-reactive ketones (excluding diaryl/α,β-unsaturated/α-hetero) is 1. The van der Waals surface area contributed by atoms with E-state index in [4.69, 9.17) is 5.11 Å². The molecule has 0 atom stereocenters. The lowest BCUT2D eigenvalue weighted by Gasteiger charge is -2.07. The Hall–Kier alpha value is -3.78. The summed E-state index contributed by atoms with van der Waals surface area (Å²) in [6, 6.07) is 11.2. The average Bonchev–Trinajstić information content (AvgIpc) is 3.20. The highest BCUT2D eigenvalue weighted by molar-refractivity contribution is 6.41. The molecule has 1 aliphatic heterocycles. The van der Waals surface area contributed by atoms with Gasteiger partial charge in [0.2, 0.25) is 0 Å². The Morgan fingerprint density at radius 2 is 2.00 bits per heavy atom. The molecule has 4 N–H and O–H groups in total. The third kappa shape index (κ3) is 3.37. The number of hydrogen-bond donors (Lipinski definition) is 4. The normalized spacial score (nSPS) is 13.8. The van der Waals surface area contributed by atoms with Crippen molar-refractivity contribution in [1.29, 1.82) is 0 Å². The summed E-state index contributed by atoms with van der Waals surface area (Å²) in [4.78, 5) is 26.5. The molecule has 1 aromatic heterocycles. The number of rotatable bonds is 6. The van der Waals surface area contributed by atoms with Crippen molar-refractivity contribution in [3.05, 3.63) is 65.6 Å². The molecule has 2 aromatic carbocycles. The molecular formula is C22H19FN3O4+. The molecule has 1 amide bonds. The minimum atomic E-state index is -0.565. The SMILES string of the molecule is Cn1cc(C2=C(c3cccc(NCC(=O)CO)c3)C(=O)[NH+]=C2O)c2cc(F)ccc21. The molecule has 0 saturated carbocycles. The summed E-state index contributed by atoms with van der Waals surface area (Å²) >= 11 is 0. The van der Waals surface area contributed by atoms with Gasteiger partial charge in [0.05, 0.1) is 6.54 Å². The zero-order valence-corrected chi connectivity index (χ0v) is 16.1. The zero-order valence-electron chi connectivity index (χ0n) is 16.1. The molecule has 152 valence electrons. The molecule has 8 heteroatoms. The number of ketones is 1. The van der Waals surface area contributed by atoms with Gasteiger partial charge in [-0.1, -0.05) is 12.1 Å².